The number of rotatable bonds is 8. The van der Waals surface area contributed by atoms with Gasteiger partial charge in [-0.3, -0.25) is 9.59 Å². The molecule has 0 aliphatic carbocycles. The summed E-state index contributed by atoms with van der Waals surface area (Å²) < 4.78 is 24.1. The van der Waals surface area contributed by atoms with Crippen LogP contribution in [-0.2, 0) is 29.1 Å². The fourth-order valence-corrected chi connectivity index (χ4v) is 3.77. The molecule has 1 aliphatic heterocycles. The zero-order valence-corrected chi connectivity index (χ0v) is 18.3. The van der Waals surface area contributed by atoms with Crippen molar-refractivity contribution in [3.05, 3.63) is 95.3 Å². The summed E-state index contributed by atoms with van der Waals surface area (Å²) in [6.07, 6.45) is 0.356. The lowest BCUT2D eigenvalue weighted by molar-refractivity contribution is -0.139. The molecule has 7 heteroatoms. The van der Waals surface area contributed by atoms with E-state index in [1.165, 1.54) is 24.0 Å². The number of hydrogen-bond acceptors (Lipinski definition) is 4. The Labute approximate surface area is 191 Å². The van der Waals surface area contributed by atoms with Crippen molar-refractivity contribution in [2.75, 3.05) is 6.79 Å². The molecule has 0 fully saturated rings. The third kappa shape index (κ3) is 5.68. The number of amides is 2. The fraction of sp³-hybridized carbons (Fsp3) is 0.231. The molecule has 0 spiro atoms. The van der Waals surface area contributed by atoms with Gasteiger partial charge in [-0.1, -0.05) is 48.5 Å². The van der Waals surface area contributed by atoms with Gasteiger partial charge in [0, 0.05) is 26.4 Å². The molecule has 1 heterocycles. The molecule has 1 atom stereocenters. The van der Waals surface area contributed by atoms with Crippen LogP contribution >= 0.6 is 0 Å². The van der Waals surface area contributed by atoms with Gasteiger partial charge in [0.2, 0.25) is 18.6 Å². The van der Waals surface area contributed by atoms with Gasteiger partial charge in [0.15, 0.2) is 11.5 Å². The maximum Gasteiger partial charge on any atom is 0.243 e. The Morgan fingerprint density at radius 2 is 1.64 bits per heavy atom. The van der Waals surface area contributed by atoms with Crippen LogP contribution < -0.4 is 14.8 Å². The van der Waals surface area contributed by atoms with Crippen LogP contribution in [0.3, 0.4) is 0 Å². The molecule has 0 aromatic heterocycles. The van der Waals surface area contributed by atoms with Crippen LogP contribution in [0, 0.1) is 5.82 Å². The average molecular weight is 448 g/mol. The van der Waals surface area contributed by atoms with E-state index in [4.69, 9.17) is 9.47 Å². The lowest BCUT2D eigenvalue weighted by Gasteiger charge is -2.30. The second-order valence-electron chi connectivity index (χ2n) is 7.88. The smallest absolute Gasteiger partial charge is 0.243 e. The predicted octanol–water partition coefficient (Wildman–Crippen LogP) is 3.83. The Kier molecular flexibility index (Phi) is 6.88. The summed E-state index contributed by atoms with van der Waals surface area (Å²) >= 11 is 0. The first kappa shape index (κ1) is 22.3. The van der Waals surface area contributed by atoms with E-state index in [1.807, 2.05) is 48.5 Å². The first-order chi connectivity index (χ1) is 16.0. The van der Waals surface area contributed by atoms with Crippen molar-refractivity contribution in [3.63, 3.8) is 0 Å². The van der Waals surface area contributed by atoms with Crippen LogP contribution in [0.15, 0.2) is 72.8 Å². The number of hydrogen-bond donors (Lipinski definition) is 1. The maximum absolute atomic E-state index is 13.3. The highest BCUT2D eigenvalue weighted by molar-refractivity contribution is 5.87. The molecule has 1 unspecified atom stereocenters. The number of ether oxygens (including phenoxy) is 2. The minimum Gasteiger partial charge on any atom is -0.454 e. The molecule has 3 aromatic carbocycles. The van der Waals surface area contributed by atoms with Crippen molar-refractivity contribution in [3.8, 4) is 11.5 Å². The van der Waals surface area contributed by atoms with E-state index in [-0.39, 0.29) is 37.5 Å². The van der Waals surface area contributed by atoms with Crippen molar-refractivity contribution >= 4 is 11.8 Å². The number of nitrogens with one attached hydrogen (secondary N) is 1. The van der Waals surface area contributed by atoms with E-state index >= 15 is 0 Å². The molecule has 3 aromatic rings. The van der Waals surface area contributed by atoms with Gasteiger partial charge in [-0.25, -0.2) is 4.39 Å². The molecule has 170 valence electrons. The predicted molar refractivity (Wildman–Crippen MR) is 121 cm³/mol. The summed E-state index contributed by atoms with van der Waals surface area (Å²) in [6.45, 7) is 2.10. The Hall–Kier alpha value is -3.87. The number of fused-ring (bicyclic) bond motifs is 1. The Bertz CT molecular complexity index is 1120. The highest BCUT2D eigenvalue weighted by Gasteiger charge is 2.28. The normalized spacial score (nSPS) is 12.8. The van der Waals surface area contributed by atoms with Gasteiger partial charge >= 0.3 is 0 Å². The van der Waals surface area contributed by atoms with E-state index in [0.717, 1.165) is 16.7 Å². The van der Waals surface area contributed by atoms with E-state index in [1.54, 1.807) is 12.1 Å². The topological polar surface area (TPSA) is 67.9 Å². The van der Waals surface area contributed by atoms with Crippen molar-refractivity contribution in [2.45, 2.75) is 32.5 Å². The first-order valence-corrected chi connectivity index (χ1v) is 10.7. The van der Waals surface area contributed by atoms with E-state index in [2.05, 4.69) is 5.32 Å². The second kappa shape index (κ2) is 10.2. The van der Waals surface area contributed by atoms with Crippen molar-refractivity contribution in [1.29, 1.82) is 0 Å². The molecule has 33 heavy (non-hydrogen) atoms. The molecular formula is C26H25FN2O4. The summed E-state index contributed by atoms with van der Waals surface area (Å²) in [4.78, 5) is 27.4. The van der Waals surface area contributed by atoms with Crippen LogP contribution in [0.2, 0.25) is 0 Å². The second-order valence-corrected chi connectivity index (χ2v) is 7.88. The molecule has 0 radical (unpaired) electrons. The fourth-order valence-electron chi connectivity index (χ4n) is 3.77. The molecule has 1 aliphatic rings. The van der Waals surface area contributed by atoms with E-state index in [9.17, 15) is 14.0 Å². The minimum atomic E-state index is -0.732. The Morgan fingerprint density at radius 3 is 2.36 bits per heavy atom. The van der Waals surface area contributed by atoms with Gasteiger partial charge in [0.05, 0.1) is 0 Å². The van der Waals surface area contributed by atoms with Crippen molar-refractivity contribution in [1.82, 2.24) is 10.2 Å². The average Bonchev–Trinajstić information content (AvgIpc) is 3.29. The number of nitrogens with zero attached hydrogens (tertiary/aromatic N) is 1. The van der Waals surface area contributed by atoms with E-state index in [0.29, 0.717) is 17.9 Å². The number of halogens is 1. The largest absolute Gasteiger partial charge is 0.454 e. The van der Waals surface area contributed by atoms with Crippen LogP contribution in [0.5, 0.6) is 11.5 Å². The summed E-state index contributed by atoms with van der Waals surface area (Å²) in [5.74, 6) is 0.459. The van der Waals surface area contributed by atoms with Crippen LogP contribution in [0.25, 0.3) is 0 Å². The number of carbonyl (C=O) groups is 2. The number of carbonyl (C=O) groups excluding carboxylic acids is 2. The summed E-state index contributed by atoms with van der Waals surface area (Å²) in [6, 6.07) is 20.2. The summed E-state index contributed by atoms with van der Waals surface area (Å²) in [5.41, 5.74) is 2.54. The highest BCUT2D eigenvalue weighted by Crippen LogP contribution is 2.32. The van der Waals surface area contributed by atoms with Gasteiger partial charge in [-0.2, -0.15) is 0 Å². The molecule has 0 saturated heterocycles. The quantitative estimate of drug-likeness (QED) is 0.569. The third-order valence-electron chi connectivity index (χ3n) is 5.53. The first-order valence-electron chi connectivity index (χ1n) is 10.7. The van der Waals surface area contributed by atoms with Crippen LogP contribution in [0.1, 0.15) is 23.6 Å². The molecule has 6 nitrogen and oxygen atoms in total. The van der Waals surface area contributed by atoms with Gasteiger partial charge < -0.3 is 19.7 Å². The monoisotopic (exact) mass is 448 g/mol. The van der Waals surface area contributed by atoms with E-state index < -0.39 is 6.04 Å². The SMILES string of the molecule is CC(=O)N(Cc1ccc(F)cc1)C(Cc1ccccc1)C(=O)NCc1ccc2c(c1)OCO2. The lowest BCUT2D eigenvalue weighted by Crippen LogP contribution is -2.49. The van der Waals surface area contributed by atoms with Gasteiger partial charge in [-0.05, 0) is 41.0 Å². The third-order valence-corrected chi connectivity index (χ3v) is 5.53. The standard InChI is InChI=1S/C26H25FN2O4/c1-18(30)29(16-20-7-10-22(27)11-8-20)23(13-19-5-3-2-4-6-19)26(31)28-15-21-9-12-24-25(14-21)33-17-32-24/h2-12,14,23H,13,15-17H2,1H3,(H,28,31). The maximum atomic E-state index is 13.3. The van der Waals surface area contributed by atoms with Gasteiger partial charge in [0.25, 0.3) is 0 Å². The zero-order valence-electron chi connectivity index (χ0n) is 18.3. The molecule has 1 N–H and O–H groups in total. The Morgan fingerprint density at radius 1 is 0.939 bits per heavy atom. The van der Waals surface area contributed by atoms with Crippen LogP contribution in [-0.4, -0.2) is 29.5 Å². The van der Waals surface area contributed by atoms with Crippen molar-refractivity contribution < 1.29 is 23.5 Å². The summed E-state index contributed by atoms with van der Waals surface area (Å²) in [7, 11) is 0. The van der Waals surface area contributed by atoms with Crippen LogP contribution in [0.4, 0.5) is 4.39 Å². The van der Waals surface area contributed by atoms with Crippen molar-refractivity contribution in [2.24, 2.45) is 0 Å². The molecule has 4 rings (SSSR count). The number of benzene rings is 3. The Balaban J connectivity index is 1.53. The minimum absolute atomic E-state index is 0.182. The molecule has 0 saturated carbocycles. The molecule has 2 amide bonds. The highest BCUT2D eigenvalue weighted by atomic mass is 19.1. The summed E-state index contributed by atoms with van der Waals surface area (Å²) in [5, 5.41) is 2.95. The lowest BCUT2D eigenvalue weighted by atomic mass is 10.0. The van der Waals surface area contributed by atoms with Gasteiger partial charge in [0.1, 0.15) is 11.9 Å². The molecular weight excluding hydrogens is 423 g/mol. The zero-order chi connectivity index (χ0) is 23.2. The molecule has 0 bridgehead atoms. The van der Waals surface area contributed by atoms with Gasteiger partial charge in [-0.15, -0.1) is 0 Å².